The van der Waals surface area contributed by atoms with Gasteiger partial charge in [0.1, 0.15) is 24.4 Å². The van der Waals surface area contributed by atoms with Crippen molar-refractivity contribution in [3.63, 3.8) is 0 Å². The summed E-state index contributed by atoms with van der Waals surface area (Å²) in [6.45, 7) is 5.58. The molecule has 0 aliphatic carbocycles. The first-order valence-electron chi connectivity index (χ1n) is 26.7. The number of hydrogen-bond donors (Lipinski definition) is 6. The Hall–Kier alpha value is -2.90. The third kappa shape index (κ3) is 33.3. The summed E-state index contributed by atoms with van der Waals surface area (Å²) in [4.78, 5) is 26.3. The number of hydrogen-bond acceptors (Lipinski definition) is 10. The van der Waals surface area contributed by atoms with Crippen LogP contribution in [-0.2, 0) is 23.8 Å². The molecule has 1 rings (SSSR count). The van der Waals surface area contributed by atoms with Crippen molar-refractivity contribution >= 4 is 11.9 Å². The lowest BCUT2D eigenvalue weighted by molar-refractivity contribution is -0.305. The van der Waals surface area contributed by atoms with E-state index in [9.17, 15) is 35.1 Å². The minimum Gasteiger partial charge on any atom is -0.454 e. The van der Waals surface area contributed by atoms with Gasteiger partial charge in [0, 0.05) is 6.42 Å². The normalized spacial score (nSPS) is 20.6. The number of aliphatic hydroxyl groups excluding tert-OH is 5. The number of amides is 1. The summed E-state index contributed by atoms with van der Waals surface area (Å²) in [6, 6.07) is -1.05. The van der Waals surface area contributed by atoms with Crippen LogP contribution in [0.2, 0.25) is 0 Å². The summed E-state index contributed by atoms with van der Waals surface area (Å²) in [7, 11) is 0. The van der Waals surface area contributed by atoms with Gasteiger partial charge >= 0.3 is 5.97 Å². The second-order valence-electron chi connectivity index (χ2n) is 18.2. The third-order valence-electron chi connectivity index (χ3n) is 12.1. The number of rotatable bonds is 43. The number of aliphatic hydroxyl groups is 5. The van der Waals surface area contributed by atoms with Gasteiger partial charge in [-0.2, -0.15) is 0 Å². The number of allylic oxidation sites excluding steroid dienone is 11. The van der Waals surface area contributed by atoms with E-state index in [0.717, 1.165) is 77.0 Å². The van der Waals surface area contributed by atoms with E-state index in [0.29, 0.717) is 12.8 Å². The Morgan fingerprint density at radius 2 is 1.07 bits per heavy atom. The summed E-state index contributed by atoms with van der Waals surface area (Å²) in [5, 5.41) is 56.6. The smallest absolute Gasteiger partial charge is 0.306 e. The Morgan fingerprint density at radius 1 is 0.597 bits per heavy atom. The van der Waals surface area contributed by atoms with Gasteiger partial charge in [-0.3, -0.25) is 9.59 Å². The zero-order valence-corrected chi connectivity index (χ0v) is 42.2. The highest BCUT2D eigenvalue weighted by Gasteiger charge is 2.47. The lowest BCUT2D eigenvalue weighted by atomic mass is 9.99. The zero-order valence-electron chi connectivity index (χ0n) is 42.2. The Balaban J connectivity index is 2.83. The minimum absolute atomic E-state index is 0.0122. The minimum atomic E-state index is -1.64. The van der Waals surface area contributed by atoms with E-state index in [1.807, 2.05) is 18.2 Å². The SMILES string of the molecule is CC/C=C/C/C=C/C/C=C/CCCCCC(O)C(=O)NC(COC1OC(CO)C(O)C(O)C1OC(=O)CC/C=C/C/C=C\CCCCCCCC)C(O)/C=C/CCCCCCCCCCCC. The predicted molar refractivity (Wildman–Crippen MR) is 273 cm³/mol. The van der Waals surface area contributed by atoms with Crippen molar-refractivity contribution < 1.29 is 49.3 Å². The second kappa shape index (κ2) is 44.3. The number of nitrogens with one attached hydrogen (secondary N) is 1. The van der Waals surface area contributed by atoms with Crippen molar-refractivity contribution in [1.29, 1.82) is 0 Å². The molecular formula is C56H97NO10. The van der Waals surface area contributed by atoms with Gasteiger partial charge in [0.25, 0.3) is 0 Å². The van der Waals surface area contributed by atoms with Gasteiger partial charge in [-0.1, -0.05) is 196 Å². The molecule has 0 spiro atoms. The molecule has 1 heterocycles. The molecule has 1 aliphatic heterocycles. The molecule has 0 radical (unpaired) electrons. The lowest BCUT2D eigenvalue weighted by Gasteiger charge is -2.41. The molecule has 0 saturated carbocycles. The highest BCUT2D eigenvalue weighted by molar-refractivity contribution is 5.80. The maximum absolute atomic E-state index is 13.3. The molecule has 11 heteroatoms. The molecule has 1 aliphatic rings. The van der Waals surface area contributed by atoms with Gasteiger partial charge in [0.15, 0.2) is 12.4 Å². The Bertz CT molecular complexity index is 1360. The summed E-state index contributed by atoms with van der Waals surface area (Å²) >= 11 is 0. The van der Waals surface area contributed by atoms with Crippen LogP contribution in [0.4, 0.5) is 0 Å². The molecule has 6 N–H and O–H groups in total. The van der Waals surface area contributed by atoms with Crippen molar-refractivity contribution in [2.45, 2.75) is 256 Å². The quantitative estimate of drug-likeness (QED) is 0.0196. The summed E-state index contributed by atoms with van der Waals surface area (Å²) in [5.41, 5.74) is 0. The second-order valence-corrected chi connectivity index (χ2v) is 18.2. The number of esters is 1. The molecule has 0 aromatic rings. The van der Waals surface area contributed by atoms with Crippen LogP contribution < -0.4 is 5.32 Å². The van der Waals surface area contributed by atoms with Crippen LogP contribution in [-0.4, -0.2) is 99.6 Å². The zero-order chi connectivity index (χ0) is 49.0. The van der Waals surface area contributed by atoms with Crippen LogP contribution in [0, 0.1) is 0 Å². The molecule has 0 bridgehead atoms. The summed E-state index contributed by atoms with van der Waals surface area (Å²) < 4.78 is 17.4. The topological polar surface area (TPSA) is 175 Å². The average molecular weight is 944 g/mol. The van der Waals surface area contributed by atoms with Crippen LogP contribution in [0.25, 0.3) is 0 Å². The number of carbonyl (C=O) groups is 2. The van der Waals surface area contributed by atoms with E-state index in [4.69, 9.17) is 14.2 Å². The molecule has 1 amide bonds. The molecule has 0 aromatic heterocycles. The van der Waals surface area contributed by atoms with Crippen molar-refractivity contribution in [1.82, 2.24) is 5.32 Å². The molecule has 11 nitrogen and oxygen atoms in total. The standard InChI is InChI=1S/C56H97NO10/c1-4-7-10-13-16-19-22-25-28-31-34-37-40-43-49(60)55(64)57-47(48(59)42-39-36-33-30-27-24-21-18-15-12-9-6-3)46-65-56-54(53(63)52(62)50(45-58)66-56)67-51(61)44-41-38-35-32-29-26-23-20-17-14-11-8-5-2/h7,10,16,19,25-26,28-29,35,38-39,42,47-50,52-54,56,58-60,62-63H,4-6,8-9,11-15,17-18,20-24,27,30-34,36-37,40-41,43-46H2,1-3H3,(H,57,64)/b10-7+,19-16+,28-25+,29-26-,38-35+,42-39+. The molecule has 67 heavy (non-hydrogen) atoms. The molecule has 1 saturated heterocycles. The van der Waals surface area contributed by atoms with Crippen molar-refractivity contribution in [3.05, 3.63) is 72.9 Å². The number of ether oxygens (including phenoxy) is 3. The van der Waals surface area contributed by atoms with E-state index in [-0.39, 0.29) is 19.4 Å². The summed E-state index contributed by atoms with van der Waals surface area (Å²) in [5.74, 6) is -1.30. The van der Waals surface area contributed by atoms with Crippen molar-refractivity contribution in [2.75, 3.05) is 13.2 Å². The number of unbranched alkanes of at least 4 members (excludes halogenated alkanes) is 19. The number of carbonyl (C=O) groups excluding carboxylic acids is 2. The van der Waals surface area contributed by atoms with E-state index < -0.39 is 67.4 Å². The molecule has 386 valence electrons. The lowest BCUT2D eigenvalue weighted by Crippen LogP contribution is -2.61. The monoisotopic (exact) mass is 944 g/mol. The fourth-order valence-electron chi connectivity index (χ4n) is 7.83. The highest BCUT2D eigenvalue weighted by atomic mass is 16.7. The Kier molecular flexibility index (Phi) is 41.1. The van der Waals surface area contributed by atoms with E-state index >= 15 is 0 Å². The van der Waals surface area contributed by atoms with Crippen LogP contribution >= 0.6 is 0 Å². The Labute approximate surface area is 407 Å². The van der Waals surface area contributed by atoms with E-state index in [1.54, 1.807) is 6.08 Å². The fraction of sp³-hybridized carbons (Fsp3) is 0.750. The van der Waals surface area contributed by atoms with Crippen LogP contribution in [0.1, 0.15) is 207 Å². The molecule has 8 unspecified atom stereocenters. The van der Waals surface area contributed by atoms with Gasteiger partial charge in [0.2, 0.25) is 5.91 Å². The van der Waals surface area contributed by atoms with Crippen molar-refractivity contribution in [3.8, 4) is 0 Å². The van der Waals surface area contributed by atoms with Gasteiger partial charge < -0.3 is 45.1 Å². The first-order chi connectivity index (χ1) is 32.7. The first kappa shape index (κ1) is 62.1. The average Bonchev–Trinajstić information content (AvgIpc) is 3.32. The van der Waals surface area contributed by atoms with Crippen LogP contribution in [0.3, 0.4) is 0 Å². The van der Waals surface area contributed by atoms with E-state index in [2.05, 4.69) is 74.7 Å². The third-order valence-corrected chi connectivity index (χ3v) is 12.1. The molecule has 0 aromatic carbocycles. The van der Waals surface area contributed by atoms with E-state index in [1.165, 1.54) is 83.5 Å². The van der Waals surface area contributed by atoms with Gasteiger partial charge in [-0.05, 0) is 77.0 Å². The van der Waals surface area contributed by atoms with Crippen LogP contribution in [0.15, 0.2) is 72.9 Å². The fourth-order valence-corrected chi connectivity index (χ4v) is 7.83. The van der Waals surface area contributed by atoms with Crippen LogP contribution in [0.5, 0.6) is 0 Å². The van der Waals surface area contributed by atoms with Gasteiger partial charge in [-0.15, -0.1) is 0 Å². The highest BCUT2D eigenvalue weighted by Crippen LogP contribution is 2.26. The summed E-state index contributed by atoms with van der Waals surface area (Å²) in [6.07, 6.45) is 44.0. The maximum atomic E-state index is 13.3. The largest absolute Gasteiger partial charge is 0.454 e. The Morgan fingerprint density at radius 3 is 1.61 bits per heavy atom. The molecular weight excluding hydrogens is 847 g/mol. The maximum Gasteiger partial charge on any atom is 0.306 e. The van der Waals surface area contributed by atoms with Gasteiger partial charge in [0.05, 0.1) is 25.4 Å². The van der Waals surface area contributed by atoms with Crippen molar-refractivity contribution in [2.24, 2.45) is 0 Å². The first-order valence-corrected chi connectivity index (χ1v) is 26.7. The van der Waals surface area contributed by atoms with Gasteiger partial charge in [-0.25, -0.2) is 0 Å². The molecule has 8 atom stereocenters. The predicted octanol–water partition coefficient (Wildman–Crippen LogP) is 11.3. The molecule has 1 fully saturated rings.